The zero-order valence-electron chi connectivity index (χ0n) is 52.8. The third-order valence-electron chi connectivity index (χ3n) is 17.8. The molecule has 4 aliphatic rings. The third kappa shape index (κ3) is 16.1. The number of hydrogen-bond acceptors (Lipinski definition) is 12. The van der Waals surface area contributed by atoms with Gasteiger partial charge in [-0.3, -0.25) is 19.2 Å². The first-order chi connectivity index (χ1) is 39.7. The van der Waals surface area contributed by atoms with Crippen molar-refractivity contribution in [2.45, 2.75) is 194 Å². The van der Waals surface area contributed by atoms with Crippen LogP contribution in [0.2, 0.25) is 0 Å². The first-order valence-corrected chi connectivity index (χ1v) is 30.2. The van der Waals surface area contributed by atoms with Crippen LogP contribution in [-0.2, 0) is 76.3 Å². The molecule has 4 aromatic rings. The van der Waals surface area contributed by atoms with Gasteiger partial charge < -0.3 is 58.8 Å². The topological polar surface area (TPSA) is 190 Å². The Hall–Kier alpha value is -6.07. The smallest absolute Gasteiger partial charge is 0.481 e. The molecular weight excluding hydrogens is 1060 g/mol. The van der Waals surface area contributed by atoms with Gasteiger partial charge in [0.2, 0.25) is 29.4 Å². The summed E-state index contributed by atoms with van der Waals surface area (Å²) in [4.78, 5) is 55.3. The average Bonchev–Trinajstić information content (AvgIpc) is 2.18. The molecule has 0 aromatic heterocycles. The molecule has 0 spiro atoms. The van der Waals surface area contributed by atoms with Crippen LogP contribution in [0.1, 0.15) is 142 Å². The summed E-state index contributed by atoms with van der Waals surface area (Å²) >= 11 is 0. The van der Waals surface area contributed by atoms with Gasteiger partial charge in [0.15, 0.2) is 11.5 Å². The Kier molecular flexibility index (Phi) is 21.8. The van der Waals surface area contributed by atoms with Gasteiger partial charge in [-0.15, -0.1) is 0 Å². The summed E-state index contributed by atoms with van der Waals surface area (Å²) in [5.41, 5.74) is 4.26. The molecular formula is C66H94B2N4O12. The van der Waals surface area contributed by atoms with Crippen LogP contribution in [0.3, 0.4) is 0 Å². The molecule has 2 heterocycles. The molecule has 0 bridgehead atoms. The second kappa shape index (κ2) is 28.0. The molecule has 0 radical (unpaired) electrons. The minimum atomic E-state index is -0.782. The molecule has 2 saturated heterocycles. The summed E-state index contributed by atoms with van der Waals surface area (Å²) in [6.07, 6.45) is 6.08. The van der Waals surface area contributed by atoms with Gasteiger partial charge in [-0.25, -0.2) is 0 Å². The van der Waals surface area contributed by atoms with Gasteiger partial charge in [0, 0.05) is 30.2 Å². The largest absolute Gasteiger partial charge is 0.497 e. The zero-order chi connectivity index (χ0) is 61.3. The van der Waals surface area contributed by atoms with E-state index in [4.69, 9.17) is 37.6 Å². The van der Waals surface area contributed by atoms with Crippen LogP contribution in [-0.4, -0.2) is 113 Å². The van der Waals surface area contributed by atoms with Gasteiger partial charge in [0.05, 0.1) is 62.7 Å². The predicted octanol–water partition coefficient (Wildman–Crippen LogP) is 9.40. The van der Waals surface area contributed by atoms with Crippen molar-refractivity contribution in [1.82, 2.24) is 21.3 Å². The molecule has 8 rings (SSSR count). The van der Waals surface area contributed by atoms with Gasteiger partial charge in [0.1, 0.15) is 17.8 Å². The van der Waals surface area contributed by atoms with Crippen molar-refractivity contribution in [2.75, 3.05) is 28.4 Å². The Morgan fingerprint density at radius 3 is 1.35 bits per heavy atom. The quantitative estimate of drug-likeness (QED) is 0.0547. The van der Waals surface area contributed by atoms with Crippen molar-refractivity contribution in [3.63, 3.8) is 0 Å². The molecule has 4 amide bonds. The van der Waals surface area contributed by atoms with E-state index < -0.39 is 48.7 Å². The standard InChI is InChI=1S/C34H49BN2O7.C32H45BN2O5/c1-21(2)17-28(35-43-33(3,4)34(5,6)44-35)37-32(39)26(18-22-13-11-10-12-14-22)36-31(38)24-16-15-23-20-27(40-7)30(42-9)29(41-8)25(23)19-24;1-21(2)17-28(33-39-31(3,4)32(5,6)40-33)35-30(37)27(18-22-11-9-8-10-12-22)34-29(36)25-14-13-24-20-26(38-7)16-15-23(24)19-25/h10-14,20-21,24,26,28H,15-19H2,1-9H3,(H,36,38)(H,37,39);8-12,15-16,20-21,25,27-28H,13-14,17-19H2,1-7H3,(H,34,36)(H,35,37)/t24?,26-,28-;25?,27-,28-/m00/s1. The van der Waals surface area contributed by atoms with Gasteiger partial charge in [-0.1, -0.05) is 94.4 Å². The van der Waals surface area contributed by atoms with Gasteiger partial charge in [-0.2, -0.15) is 0 Å². The van der Waals surface area contributed by atoms with E-state index in [0.717, 1.165) is 46.4 Å². The van der Waals surface area contributed by atoms with E-state index in [1.807, 2.05) is 134 Å². The van der Waals surface area contributed by atoms with Crippen molar-refractivity contribution < 1.29 is 56.7 Å². The van der Waals surface area contributed by atoms with E-state index in [0.29, 0.717) is 74.5 Å². The number of aryl methyl sites for hydroxylation is 2. The van der Waals surface area contributed by atoms with Crippen molar-refractivity contribution in [3.05, 3.63) is 118 Å². The third-order valence-corrected chi connectivity index (χ3v) is 17.8. The minimum Gasteiger partial charge on any atom is -0.497 e. The van der Waals surface area contributed by atoms with Crippen molar-refractivity contribution in [1.29, 1.82) is 0 Å². The minimum absolute atomic E-state index is 0.0893. The lowest BCUT2D eigenvalue weighted by Crippen LogP contribution is -2.56. The summed E-state index contributed by atoms with van der Waals surface area (Å²) in [5.74, 6) is 1.12. The van der Waals surface area contributed by atoms with E-state index in [9.17, 15) is 19.2 Å². The second-order valence-electron chi connectivity index (χ2n) is 26.0. The Balaban J connectivity index is 0.000000242. The molecule has 456 valence electrons. The number of benzene rings is 4. The number of amides is 4. The maximum atomic E-state index is 14.0. The van der Waals surface area contributed by atoms with Crippen LogP contribution in [0, 0.1) is 23.7 Å². The number of ether oxygens (including phenoxy) is 4. The molecule has 18 heteroatoms. The molecule has 2 unspecified atom stereocenters. The molecule has 84 heavy (non-hydrogen) atoms. The number of carbonyl (C=O) groups is 4. The van der Waals surface area contributed by atoms with E-state index in [1.54, 1.807) is 28.4 Å². The number of rotatable bonds is 22. The summed E-state index contributed by atoms with van der Waals surface area (Å²) < 4.78 is 47.5. The first-order valence-electron chi connectivity index (χ1n) is 30.2. The van der Waals surface area contributed by atoms with E-state index >= 15 is 0 Å². The lowest BCUT2D eigenvalue weighted by Gasteiger charge is -2.32. The number of carbonyl (C=O) groups excluding carboxylic acids is 4. The Morgan fingerprint density at radius 2 is 0.940 bits per heavy atom. The summed E-state index contributed by atoms with van der Waals surface area (Å²) in [7, 11) is 5.25. The summed E-state index contributed by atoms with van der Waals surface area (Å²) in [6.45, 7) is 24.5. The Bertz CT molecular complexity index is 2850. The van der Waals surface area contributed by atoms with Crippen molar-refractivity contribution in [2.24, 2.45) is 23.7 Å². The maximum absolute atomic E-state index is 14.0. The SMILES string of the molecule is COc1cc2c(c(OC)c1OC)CC(C(=O)N[C@@H](Cc1ccccc1)C(=O)N[C@@H](CC(C)C)B1OC(C)(C)C(C)(C)O1)CC2.COc1ccc2c(c1)CCC(C(=O)N[C@@H](Cc1ccccc1)C(=O)N[C@@H](CC(C)C)B1OC(C)(C)C(C)(C)O1)C2. The molecule has 2 fully saturated rings. The van der Waals surface area contributed by atoms with E-state index in [1.165, 1.54) is 5.56 Å². The number of hydrogen-bond donors (Lipinski definition) is 4. The van der Waals surface area contributed by atoms with Crippen LogP contribution in [0.25, 0.3) is 0 Å². The molecule has 4 aromatic carbocycles. The fourth-order valence-electron chi connectivity index (χ4n) is 11.6. The molecule has 2 aliphatic heterocycles. The Labute approximate surface area is 500 Å². The molecule has 6 atom stereocenters. The number of fused-ring (bicyclic) bond motifs is 2. The van der Waals surface area contributed by atoms with E-state index in [2.05, 4.69) is 55.0 Å². The Morgan fingerprint density at radius 1 is 0.512 bits per heavy atom. The van der Waals surface area contributed by atoms with Crippen LogP contribution < -0.4 is 40.2 Å². The number of nitrogens with one attached hydrogen (secondary N) is 4. The maximum Gasteiger partial charge on any atom is 0.481 e. The van der Waals surface area contributed by atoms with Crippen LogP contribution in [0.5, 0.6) is 23.0 Å². The lowest BCUT2D eigenvalue weighted by atomic mass is 9.73. The monoisotopic (exact) mass is 1160 g/mol. The molecule has 2 aliphatic carbocycles. The fraction of sp³-hybridized carbons (Fsp3) is 0.576. The molecule has 16 nitrogen and oxygen atoms in total. The van der Waals surface area contributed by atoms with Gasteiger partial charge >= 0.3 is 14.2 Å². The predicted molar refractivity (Wildman–Crippen MR) is 329 cm³/mol. The van der Waals surface area contributed by atoms with Gasteiger partial charge in [0.25, 0.3) is 0 Å². The molecule has 0 saturated carbocycles. The summed E-state index contributed by atoms with van der Waals surface area (Å²) in [6, 6.07) is 26.0. The van der Waals surface area contributed by atoms with Gasteiger partial charge in [-0.05, 0) is 165 Å². The highest BCUT2D eigenvalue weighted by Gasteiger charge is 2.56. The first kappa shape index (κ1) is 65.5. The van der Waals surface area contributed by atoms with Crippen LogP contribution in [0.15, 0.2) is 84.9 Å². The second-order valence-corrected chi connectivity index (χ2v) is 26.0. The zero-order valence-corrected chi connectivity index (χ0v) is 52.8. The van der Waals surface area contributed by atoms with Crippen LogP contribution >= 0.6 is 0 Å². The lowest BCUT2D eigenvalue weighted by molar-refractivity contribution is -0.131. The summed E-state index contributed by atoms with van der Waals surface area (Å²) in [5, 5.41) is 12.6. The van der Waals surface area contributed by atoms with Crippen molar-refractivity contribution >= 4 is 37.9 Å². The number of methoxy groups -OCH3 is 4. The van der Waals surface area contributed by atoms with Crippen molar-refractivity contribution in [3.8, 4) is 23.0 Å². The highest BCUT2D eigenvalue weighted by atomic mass is 16.7. The average molecular weight is 1160 g/mol. The highest BCUT2D eigenvalue weighted by molar-refractivity contribution is 6.48. The highest BCUT2D eigenvalue weighted by Crippen LogP contribution is 2.46. The van der Waals surface area contributed by atoms with Crippen LogP contribution in [0.4, 0.5) is 0 Å². The normalized spacial score (nSPS) is 20.4. The van der Waals surface area contributed by atoms with E-state index in [-0.39, 0.29) is 53.3 Å². The fourth-order valence-corrected chi connectivity index (χ4v) is 11.6. The molecule has 4 N–H and O–H groups in total.